The molecule has 1 N–H and O–H groups in total. The second-order valence-corrected chi connectivity index (χ2v) is 7.45. The van der Waals surface area contributed by atoms with Gasteiger partial charge in [-0.2, -0.15) is 0 Å². The lowest BCUT2D eigenvalue weighted by atomic mass is 9.85. The number of aromatic nitrogens is 2. The third-order valence-corrected chi connectivity index (χ3v) is 5.67. The Labute approximate surface area is 149 Å². The molecular formula is C21H17BrN2. The van der Waals surface area contributed by atoms with E-state index in [1.807, 2.05) is 6.20 Å². The van der Waals surface area contributed by atoms with E-state index < -0.39 is 0 Å². The molecule has 1 aliphatic carbocycles. The number of rotatable bonds is 1. The highest BCUT2D eigenvalue weighted by atomic mass is 79.9. The first kappa shape index (κ1) is 14.2. The molecule has 0 saturated heterocycles. The fourth-order valence-electron chi connectivity index (χ4n) is 4.04. The minimum Gasteiger partial charge on any atom is -0.354 e. The summed E-state index contributed by atoms with van der Waals surface area (Å²) in [6.07, 6.45) is 6.77. The Hall–Kier alpha value is -2.13. The maximum Gasteiger partial charge on any atom is 0.0710 e. The van der Waals surface area contributed by atoms with Gasteiger partial charge >= 0.3 is 0 Å². The third kappa shape index (κ3) is 2.11. The lowest BCUT2D eigenvalue weighted by molar-refractivity contribution is 0.689. The molecule has 2 nitrogen and oxygen atoms in total. The summed E-state index contributed by atoms with van der Waals surface area (Å²) in [5.41, 5.74) is 7.87. The number of aromatic amines is 1. The lowest BCUT2D eigenvalue weighted by Crippen LogP contribution is -2.07. The van der Waals surface area contributed by atoms with Crippen molar-refractivity contribution in [3.63, 3.8) is 0 Å². The van der Waals surface area contributed by atoms with Crippen molar-refractivity contribution in [3.8, 4) is 11.3 Å². The molecule has 0 unspecified atom stereocenters. The van der Waals surface area contributed by atoms with Crippen LogP contribution in [-0.4, -0.2) is 9.97 Å². The minimum atomic E-state index is 1.10. The van der Waals surface area contributed by atoms with Crippen LogP contribution in [0.1, 0.15) is 24.0 Å². The topological polar surface area (TPSA) is 28.7 Å². The summed E-state index contributed by atoms with van der Waals surface area (Å²) in [4.78, 5) is 8.22. The molecule has 0 aliphatic heterocycles. The van der Waals surface area contributed by atoms with Crippen LogP contribution in [0.15, 0.2) is 53.1 Å². The van der Waals surface area contributed by atoms with E-state index >= 15 is 0 Å². The van der Waals surface area contributed by atoms with Gasteiger partial charge in [0.25, 0.3) is 0 Å². The number of nitrogens with zero attached hydrogens (tertiary/aromatic N) is 1. The van der Waals surface area contributed by atoms with Gasteiger partial charge in [-0.15, -0.1) is 0 Å². The number of aryl methyl sites for hydroxylation is 1. The third-order valence-electron chi connectivity index (χ3n) is 5.14. The first-order valence-corrected chi connectivity index (χ1v) is 9.27. The molecule has 0 radical (unpaired) electrons. The van der Waals surface area contributed by atoms with Crippen molar-refractivity contribution in [2.24, 2.45) is 0 Å². The number of fused-ring (bicyclic) bond motifs is 5. The Balaban J connectivity index is 1.88. The Morgan fingerprint density at radius 1 is 0.875 bits per heavy atom. The van der Waals surface area contributed by atoms with Crippen LogP contribution in [0.3, 0.4) is 0 Å². The Kier molecular flexibility index (Phi) is 3.23. The smallest absolute Gasteiger partial charge is 0.0710 e. The molecule has 0 saturated carbocycles. The number of H-pyrrole nitrogens is 1. The first-order valence-electron chi connectivity index (χ1n) is 8.48. The van der Waals surface area contributed by atoms with Crippen molar-refractivity contribution in [2.45, 2.75) is 25.7 Å². The van der Waals surface area contributed by atoms with Crippen LogP contribution in [0.2, 0.25) is 0 Å². The van der Waals surface area contributed by atoms with E-state index in [1.165, 1.54) is 51.5 Å². The van der Waals surface area contributed by atoms with Crippen molar-refractivity contribution in [2.75, 3.05) is 0 Å². The quantitative estimate of drug-likeness (QED) is 0.431. The largest absolute Gasteiger partial charge is 0.354 e. The molecule has 0 amide bonds. The van der Waals surface area contributed by atoms with Crippen LogP contribution in [0, 0.1) is 0 Å². The number of halogens is 1. The molecule has 1 aliphatic rings. The molecule has 4 aromatic rings. The Morgan fingerprint density at radius 3 is 2.50 bits per heavy atom. The van der Waals surface area contributed by atoms with Crippen LogP contribution in [0.25, 0.3) is 33.1 Å². The second-order valence-electron chi connectivity index (χ2n) is 6.54. The Bertz CT molecular complexity index is 1060. The molecule has 3 heteroatoms. The maximum absolute atomic E-state index is 4.49. The number of pyridine rings is 1. The molecule has 0 fully saturated rings. The van der Waals surface area contributed by atoms with Crippen LogP contribution >= 0.6 is 15.9 Å². The fourth-order valence-corrected chi connectivity index (χ4v) is 4.31. The van der Waals surface area contributed by atoms with E-state index in [-0.39, 0.29) is 0 Å². The molecule has 0 bridgehead atoms. The highest BCUT2D eigenvalue weighted by Gasteiger charge is 2.20. The minimum absolute atomic E-state index is 1.10. The average molecular weight is 377 g/mol. The monoisotopic (exact) mass is 376 g/mol. The lowest BCUT2D eigenvalue weighted by Gasteiger charge is -2.23. The van der Waals surface area contributed by atoms with Gasteiger partial charge in [0.15, 0.2) is 0 Å². The number of hydrogen-bond acceptors (Lipinski definition) is 1. The van der Waals surface area contributed by atoms with E-state index in [0.717, 1.165) is 22.8 Å². The molecule has 5 rings (SSSR count). The number of benzene rings is 2. The van der Waals surface area contributed by atoms with Crippen LogP contribution in [0.4, 0.5) is 0 Å². The van der Waals surface area contributed by atoms with Gasteiger partial charge in [0.2, 0.25) is 0 Å². The van der Waals surface area contributed by atoms with Crippen molar-refractivity contribution < 1.29 is 0 Å². The van der Waals surface area contributed by atoms with Gasteiger partial charge in [-0.3, -0.25) is 4.98 Å². The zero-order valence-electron chi connectivity index (χ0n) is 13.3. The summed E-state index contributed by atoms with van der Waals surface area (Å²) in [6.45, 7) is 0. The molecule has 2 heterocycles. The van der Waals surface area contributed by atoms with E-state index in [4.69, 9.17) is 0 Å². The zero-order chi connectivity index (χ0) is 16.1. The summed E-state index contributed by atoms with van der Waals surface area (Å²) >= 11 is 3.54. The van der Waals surface area contributed by atoms with E-state index in [1.54, 1.807) is 0 Å². The standard InChI is InChI=1S/C21H17BrN2/c22-14-7-5-13(6-8-14)21-16-4-2-1-3-15(16)20-17-11-12-23-18(17)9-10-19(20)24-21/h5-12,24H,1-4H2. The predicted octanol–water partition coefficient (Wildman–Crippen LogP) is 6.02. The summed E-state index contributed by atoms with van der Waals surface area (Å²) in [7, 11) is 0. The predicted molar refractivity (Wildman–Crippen MR) is 103 cm³/mol. The summed E-state index contributed by atoms with van der Waals surface area (Å²) in [5, 5.41) is 2.66. The van der Waals surface area contributed by atoms with Gasteiger partial charge in [0.05, 0.1) is 5.52 Å². The molecular weight excluding hydrogens is 360 g/mol. The van der Waals surface area contributed by atoms with Gasteiger partial charge in [0, 0.05) is 32.7 Å². The summed E-state index contributed by atoms with van der Waals surface area (Å²) in [6, 6.07) is 15.1. The summed E-state index contributed by atoms with van der Waals surface area (Å²) in [5.74, 6) is 0. The molecule has 0 spiro atoms. The van der Waals surface area contributed by atoms with E-state index in [9.17, 15) is 0 Å². The van der Waals surface area contributed by atoms with Crippen molar-refractivity contribution >= 4 is 37.7 Å². The first-order chi connectivity index (χ1) is 11.8. The molecule has 118 valence electrons. The normalized spacial score (nSPS) is 14.2. The van der Waals surface area contributed by atoms with Crippen LogP contribution < -0.4 is 0 Å². The van der Waals surface area contributed by atoms with Crippen LogP contribution in [0.5, 0.6) is 0 Å². The van der Waals surface area contributed by atoms with Crippen LogP contribution in [-0.2, 0) is 12.8 Å². The van der Waals surface area contributed by atoms with Crippen molar-refractivity contribution in [3.05, 3.63) is 64.3 Å². The van der Waals surface area contributed by atoms with Gasteiger partial charge in [-0.1, -0.05) is 28.1 Å². The summed E-state index contributed by atoms with van der Waals surface area (Å²) < 4.78 is 1.12. The number of hydrogen-bond donors (Lipinski definition) is 1. The van der Waals surface area contributed by atoms with E-state index in [0.29, 0.717) is 0 Å². The molecule has 2 aromatic carbocycles. The fraction of sp³-hybridized carbons (Fsp3) is 0.190. The van der Waals surface area contributed by atoms with Gasteiger partial charge in [-0.25, -0.2) is 0 Å². The zero-order valence-corrected chi connectivity index (χ0v) is 14.9. The molecule has 0 atom stereocenters. The SMILES string of the molecule is Brc1ccc(-c2[nH]c3ccc4nccc4c3c3c2CCCC3)cc1. The van der Waals surface area contributed by atoms with Gasteiger partial charge < -0.3 is 4.98 Å². The molecule has 2 aromatic heterocycles. The highest BCUT2D eigenvalue weighted by Crippen LogP contribution is 2.38. The van der Waals surface area contributed by atoms with Gasteiger partial charge in [0.1, 0.15) is 0 Å². The van der Waals surface area contributed by atoms with Crippen molar-refractivity contribution in [1.82, 2.24) is 9.97 Å². The maximum atomic E-state index is 4.49. The number of nitrogens with one attached hydrogen (secondary N) is 1. The highest BCUT2D eigenvalue weighted by molar-refractivity contribution is 9.10. The van der Waals surface area contributed by atoms with Crippen molar-refractivity contribution in [1.29, 1.82) is 0 Å². The van der Waals surface area contributed by atoms with Gasteiger partial charge in [-0.05, 0) is 72.7 Å². The molecule has 24 heavy (non-hydrogen) atoms. The average Bonchev–Trinajstić information content (AvgIpc) is 3.10. The van der Waals surface area contributed by atoms with E-state index in [2.05, 4.69) is 68.4 Å². The second kappa shape index (κ2) is 5.45. The Morgan fingerprint density at radius 2 is 1.67 bits per heavy atom.